The second-order valence-electron chi connectivity index (χ2n) is 4.49. The number of hydrogen-bond donors (Lipinski definition) is 0. The zero-order valence-corrected chi connectivity index (χ0v) is 9.56. The number of ether oxygens (including phenoxy) is 1. The van der Waals surface area contributed by atoms with Gasteiger partial charge in [-0.05, 0) is 12.8 Å². The van der Waals surface area contributed by atoms with Gasteiger partial charge in [-0.2, -0.15) is 0 Å². The fourth-order valence-corrected chi connectivity index (χ4v) is 1.19. The summed E-state index contributed by atoms with van der Waals surface area (Å²) < 4.78 is 4.82. The van der Waals surface area contributed by atoms with Gasteiger partial charge < -0.3 is 9.84 Å². The lowest BCUT2D eigenvalue weighted by molar-refractivity contribution is -0.141. The van der Waals surface area contributed by atoms with E-state index in [2.05, 4.69) is 13.8 Å². The Bertz CT molecular complexity index is 164. The van der Waals surface area contributed by atoms with Crippen LogP contribution in [0.15, 0.2) is 0 Å². The highest BCUT2D eigenvalue weighted by atomic mass is 16.5. The molecule has 14 heavy (non-hydrogen) atoms. The number of hydrogen-bond acceptors (Lipinski definition) is 2. The van der Waals surface area contributed by atoms with Crippen LogP contribution in [-0.2, 0) is 9.53 Å². The molecule has 0 fully saturated rings. The van der Waals surface area contributed by atoms with E-state index in [4.69, 9.17) is 9.84 Å². The molecule has 0 heterocycles. The fourth-order valence-electron chi connectivity index (χ4n) is 1.19. The summed E-state index contributed by atoms with van der Waals surface area (Å²) in [5, 5.41) is 7.31. The highest BCUT2D eigenvalue weighted by molar-refractivity contribution is 5.65. The first kappa shape index (κ1) is 13.4. The average Bonchev–Trinajstić information content (AvgIpc) is 2.10. The molecule has 0 rings (SSSR count). The molecule has 0 aliphatic heterocycles. The van der Waals surface area contributed by atoms with Crippen LogP contribution in [0, 0.1) is 5.41 Å². The minimum Gasteiger partial charge on any atom is -0.466 e. The topological polar surface area (TPSA) is 49.2 Å². The molecular weight excluding hydrogens is 180 g/mol. The van der Waals surface area contributed by atoms with Crippen molar-refractivity contribution in [3.63, 3.8) is 0 Å². The first-order valence-electron chi connectivity index (χ1n) is 5.26. The number of unbranched alkanes of at least 4 members (excludes halogenated alkanes) is 2. The molecule has 0 aromatic rings. The van der Waals surface area contributed by atoms with E-state index < -0.39 is 0 Å². The van der Waals surface area contributed by atoms with Crippen LogP contribution in [0.5, 0.6) is 0 Å². The summed E-state index contributed by atoms with van der Waals surface area (Å²) in [5.74, 6) is -0.198. The average molecular weight is 203 g/mol. The van der Waals surface area contributed by atoms with Gasteiger partial charge in [-0.25, -0.2) is 0 Å². The Morgan fingerprint density at radius 2 is 1.93 bits per heavy atom. The van der Waals surface area contributed by atoms with Crippen LogP contribution in [0.4, 0.5) is 0 Å². The van der Waals surface area contributed by atoms with Crippen molar-refractivity contribution in [1.82, 2.24) is 0 Å². The Morgan fingerprint density at radius 3 is 2.43 bits per heavy atom. The van der Waals surface area contributed by atoms with Crippen LogP contribution in [0.1, 0.15) is 46.5 Å². The number of carbonyl (C=O) groups excluding carboxylic acids is 1. The van der Waals surface area contributed by atoms with Crippen molar-refractivity contribution in [2.75, 3.05) is 13.2 Å². The van der Waals surface area contributed by atoms with Crippen molar-refractivity contribution < 1.29 is 14.6 Å². The lowest BCUT2D eigenvalue weighted by Gasteiger charge is -2.18. The molecule has 0 amide bonds. The van der Waals surface area contributed by atoms with Gasteiger partial charge in [0.05, 0.1) is 6.61 Å². The summed E-state index contributed by atoms with van der Waals surface area (Å²) in [6.07, 6.45) is 4.22. The second kappa shape index (κ2) is 6.82. The highest BCUT2D eigenvalue weighted by Gasteiger charge is 2.18. The molecule has 0 aliphatic rings. The molecule has 0 unspecified atom stereocenters. The smallest absolute Gasteiger partial charge is 0.302 e. The predicted molar refractivity (Wildman–Crippen MR) is 57.4 cm³/mol. The van der Waals surface area contributed by atoms with Gasteiger partial charge in [0.15, 0.2) is 0 Å². The minimum atomic E-state index is -0.198. The lowest BCUT2D eigenvalue weighted by atomic mass is 9.88. The van der Waals surface area contributed by atoms with E-state index in [0.717, 1.165) is 25.7 Å². The molecule has 0 saturated heterocycles. The third kappa shape index (κ3) is 8.05. The molecule has 0 atom stereocenters. The van der Waals surface area contributed by atoms with E-state index >= 15 is 0 Å². The summed E-state index contributed by atoms with van der Waals surface area (Å²) in [5.41, 5.74) is 0.140. The summed E-state index contributed by atoms with van der Waals surface area (Å²) in [6, 6.07) is 0. The van der Waals surface area contributed by atoms with Crippen LogP contribution in [0.25, 0.3) is 0 Å². The Balaban J connectivity index is 3.25. The zero-order valence-electron chi connectivity index (χ0n) is 9.56. The first-order valence-corrected chi connectivity index (χ1v) is 5.26. The van der Waals surface area contributed by atoms with E-state index in [1.807, 2.05) is 0 Å². The van der Waals surface area contributed by atoms with E-state index in [0.29, 0.717) is 13.2 Å². The fraction of sp³-hybridized carbons (Fsp3) is 0.909. The molecule has 0 radical (unpaired) electrons. The largest absolute Gasteiger partial charge is 0.466 e. The molecule has 0 spiro atoms. The Labute approximate surface area is 86.5 Å². The molecule has 84 valence electrons. The highest BCUT2D eigenvalue weighted by Crippen LogP contribution is 2.22. The third-order valence-corrected chi connectivity index (χ3v) is 2.28. The molecule has 0 aromatic carbocycles. The number of rotatable bonds is 7. The molecular formula is C11H23O3+. The van der Waals surface area contributed by atoms with Crippen molar-refractivity contribution >= 4 is 5.97 Å². The van der Waals surface area contributed by atoms with Crippen LogP contribution in [0.3, 0.4) is 0 Å². The van der Waals surface area contributed by atoms with Gasteiger partial charge in [-0.15, -0.1) is 0 Å². The monoisotopic (exact) mass is 203 g/mol. The summed E-state index contributed by atoms with van der Waals surface area (Å²) in [6.45, 7) is 6.69. The SMILES string of the molecule is CC(=O)OCCCCCC(C)(C)C[OH2+]. The van der Waals surface area contributed by atoms with E-state index in [9.17, 15) is 4.79 Å². The van der Waals surface area contributed by atoms with Crippen molar-refractivity contribution in [3.05, 3.63) is 0 Å². The molecule has 0 bridgehead atoms. The molecule has 2 N–H and O–H groups in total. The molecule has 0 aliphatic carbocycles. The second-order valence-corrected chi connectivity index (χ2v) is 4.49. The normalized spacial score (nSPS) is 11.4. The molecule has 0 aromatic heterocycles. The van der Waals surface area contributed by atoms with Crippen molar-refractivity contribution in [3.8, 4) is 0 Å². The van der Waals surface area contributed by atoms with Crippen LogP contribution in [-0.4, -0.2) is 24.3 Å². The minimum absolute atomic E-state index is 0.140. The van der Waals surface area contributed by atoms with Gasteiger partial charge in [0.1, 0.15) is 6.61 Å². The molecule has 3 nitrogen and oxygen atoms in total. The van der Waals surface area contributed by atoms with Gasteiger partial charge >= 0.3 is 5.97 Å². The first-order chi connectivity index (χ1) is 6.48. The maximum absolute atomic E-state index is 10.4. The van der Waals surface area contributed by atoms with Gasteiger partial charge in [-0.1, -0.05) is 26.7 Å². The Hall–Kier alpha value is -0.570. The standard InChI is InChI=1S/C11H22O3/c1-10(13)14-8-6-4-5-7-11(2,3)9-12/h12H,4-9H2,1-3H3/p+1. The van der Waals surface area contributed by atoms with Crippen LogP contribution >= 0.6 is 0 Å². The van der Waals surface area contributed by atoms with Gasteiger partial charge in [0, 0.05) is 12.3 Å². The Kier molecular flexibility index (Phi) is 6.54. The van der Waals surface area contributed by atoms with E-state index in [1.165, 1.54) is 6.92 Å². The van der Waals surface area contributed by atoms with Gasteiger partial charge in [0.25, 0.3) is 0 Å². The van der Waals surface area contributed by atoms with Crippen molar-refractivity contribution in [2.45, 2.75) is 46.5 Å². The summed E-state index contributed by atoms with van der Waals surface area (Å²) in [7, 11) is 0. The van der Waals surface area contributed by atoms with Crippen LogP contribution in [0.2, 0.25) is 0 Å². The molecule has 0 saturated carbocycles. The zero-order chi connectivity index (χ0) is 11.0. The van der Waals surface area contributed by atoms with E-state index in [1.54, 1.807) is 0 Å². The van der Waals surface area contributed by atoms with Gasteiger partial charge in [0.2, 0.25) is 0 Å². The lowest BCUT2D eigenvalue weighted by Crippen LogP contribution is -2.16. The Morgan fingerprint density at radius 1 is 1.29 bits per heavy atom. The van der Waals surface area contributed by atoms with Crippen LogP contribution < -0.4 is 0 Å². The van der Waals surface area contributed by atoms with Crippen molar-refractivity contribution in [2.24, 2.45) is 5.41 Å². The van der Waals surface area contributed by atoms with Gasteiger partial charge in [-0.3, -0.25) is 4.79 Å². The number of carbonyl (C=O) groups is 1. The summed E-state index contributed by atoms with van der Waals surface area (Å²) >= 11 is 0. The quantitative estimate of drug-likeness (QED) is 0.360. The van der Waals surface area contributed by atoms with E-state index in [-0.39, 0.29) is 11.4 Å². The third-order valence-electron chi connectivity index (χ3n) is 2.28. The molecule has 3 heteroatoms. The maximum atomic E-state index is 10.4. The summed E-state index contributed by atoms with van der Waals surface area (Å²) in [4.78, 5) is 10.4. The predicted octanol–water partition coefficient (Wildman–Crippen LogP) is 1.86. The maximum Gasteiger partial charge on any atom is 0.302 e. The number of esters is 1. The van der Waals surface area contributed by atoms with Crippen molar-refractivity contribution in [1.29, 1.82) is 0 Å².